The number of rotatable bonds is 1. The molecule has 4 nitrogen and oxygen atoms in total. The molecule has 4 N–H and O–H groups in total. The number of sulfonamides is 1. The molecule has 1 rings (SSSR count). The Kier molecular flexibility index (Phi) is 2.22. The topological polar surface area (TPSA) is 86.2 Å². The van der Waals surface area contributed by atoms with Crippen LogP contribution in [0.25, 0.3) is 0 Å². The highest BCUT2D eigenvalue weighted by Gasteiger charge is 2.19. The Morgan fingerprint density at radius 3 is 2.15 bits per heavy atom. The minimum absolute atomic E-state index is 0.468. The number of nitrogen functional groups attached to an aromatic ring is 1. The van der Waals surface area contributed by atoms with Crippen molar-refractivity contribution >= 4 is 15.7 Å². The lowest BCUT2D eigenvalue weighted by atomic mass is 10.3. The van der Waals surface area contributed by atoms with Gasteiger partial charge in [-0.15, -0.1) is 0 Å². The molecule has 0 aliphatic carbocycles. The fourth-order valence-corrected chi connectivity index (χ4v) is 1.36. The number of halogens is 2. The molecule has 0 bridgehead atoms. The van der Waals surface area contributed by atoms with Crippen molar-refractivity contribution in [3.05, 3.63) is 23.8 Å². The Bertz CT molecular complexity index is 444. The van der Waals surface area contributed by atoms with E-state index in [1.807, 2.05) is 0 Å². The summed E-state index contributed by atoms with van der Waals surface area (Å²) >= 11 is 0. The molecule has 0 saturated heterocycles. The quantitative estimate of drug-likeness (QED) is 0.646. The number of benzene rings is 1. The van der Waals surface area contributed by atoms with Gasteiger partial charge in [0.25, 0.3) is 0 Å². The van der Waals surface area contributed by atoms with E-state index < -0.39 is 32.2 Å². The van der Waals surface area contributed by atoms with Gasteiger partial charge in [0, 0.05) is 0 Å². The van der Waals surface area contributed by atoms with Crippen LogP contribution in [-0.2, 0) is 10.0 Å². The average molecular weight is 208 g/mol. The van der Waals surface area contributed by atoms with Crippen LogP contribution in [0.4, 0.5) is 14.5 Å². The van der Waals surface area contributed by atoms with Gasteiger partial charge in [-0.25, -0.2) is 22.3 Å². The van der Waals surface area contributed by atoms with Crippen LogP contribution >= 0.6 is 0 Å². The lowest BCUT2D eigenvalue weighted by Gasteiger charge is -2.02. The van der Waals surface area contributed by atoms with E-state index in [4.69, 9.17) is 5.73 Å². The largest absolute Gasteiger partial charge is 0.396 e. The molecule has 0 spiro atoms. The summed E-state index contributed by atoms with van der Waals surface area (Å²) in [4.78, 5) is -0.904. The lowest BCUT2D eigenvalue weighted by Crippen LogP contribution is -2.15. The van der Waals surface area contributed by atoms with Crippen LogP contribution in [0.15, 0.2) is 17.0 Å². The normalized spacial score (nSPS) is 11.6. The molecule has 1 aromatic rings. The third-order valence-electron chi connectivity index (χ3n) is 1.38. The third-order valence-corrected chi connectivity index (χ3v) is 2.31. The second-order valence-electron chi connectivity index (χ2n) is 2.33. The summed E-state index contributed by atoms with van der Waals surface area (Å²) in [6.45, 7) is 0. The molecule has 0 amide bonds. The molecule has 0 saturated carbocycles. The number of anilines is 1. The van der Waals surface area contributed by atoms with Crippen LogP contribution in [0.3, 0.4) is 0 Å². The molecular formula is C6H6F2N2O2S. The highest BCUT2D eigenvalue weighted by molar-refractivity contribution is 7.89. The zero-order valence-corrected chi connectivity index (χ0v) is 7.11. The minimum Gasteiger partial charge on any atom is -0.396 e. The van der Waals surface area contributed by atoms with Gasteiger partial charge < -0.3 is 5.73 Å². The van der Waals surface area contributed by atoms with Crippen LogP contribution < -0.4 is 10.9 Å². The smallest absolute Gasteiger partial charge is 0.241 e. The highest BCUT2D eigenvalue weighted by atomic mass is 32.2. The van der Waals surface area contributed by atoms with Crippen molar-refractivity contribution in [2.45, 2.75) is 4.90 Å². The molecule has 0 aliphatic rings. The Hall–Kier alpha value is -1.21. The SMILES string of the molecule is Nc1ccc(S(N)(=O)=O)c(F)c1F. The lowest BCUT2D eigenvalue weighted by molar-refractivity contribution is 0.488. The molecule has 0 aliphatic heterocycles. The van der Waals surface area contributed by atoms with Crippen molar-refractivity contribution in [3.63, 3.8) is 0 Å². The predicted molar refractivity (Wildman–Crippen MR) is 42.1 cm³/mol. The van der Waals surface area contributed by atoms with Gasteiger partial charge in [0.05, 0.1) is 5.69 Å². The first kappa shape index (κ1) is 9.87. The van der Waals surface area contributed by atoms with E-state index in [1.165, 1.54) is 0 Å². The summed E-state index contributed by atoms with van der Waals surface area (Å²) in [5.74, 6) is -2.96. The zero-order chi connectivity index (χ0) is 10.2. The first-order chi connectivity index (χ1) is 5.84. The molecule has 0 atom stereocenters. The van der Waals surface area contributed by atoms with Crippen molar-refractivity contribution in [2.24, 2.45) is 5.14 Å². The van der Waals surface area contributed by atoms with Crippen molar-refractivity contribution in [1.29, 1.82) is 0 Å². The van der Waals surface area contributed by atoms with E-state index in [-0.39, 0.29) is 0 Å². The van der Waals surface area contributed by atoms with E-state index in [0.717, 1.165) is 12.1 Å². The number of hydrogen-bond acceptors (Lipinski definition) is 3. The van der Waals surface area contributed by atoms with E-state index in [2.05, 4.69) is 5.14 Å². The summed E-state index contributed by atoms with van der Waals surface area (Å²) in [6.07, 6.45) is 0. The van der Waals surface area contributed by atoms with Crippen LogP contribution in [0, 0.1) is 11.6 Å². The molecule has 0 radical (unpaired) electrons. The van der Waals surface area contributed by atoms with Gasteiger partial charge in [-0.3, -0.25) is 0 Å². The summed E-state index contributed by atoms with van der Waals surface area (Å²) in [5, 5.41) is 4.60. The fraction of sp³-hybridized carbons (Fsp3) is 0. The molecule has 1 aromatic carbocycles. The molecular weight excluding hydrogens is 202 g/mol. The van der Waals surface area contributed by atoms with Gasteiger partial charge in [-0.1, -0.05) is 0 Å². The van der Waals surface area contributed by atoms with Crippen molar-refractivity contribution < 1.29 is 17.2 Å². The summed E-state index contributed by atoms with van der Waals surface area (Å²) in [5.41, 5.74) is 4.51. The molecule has 0 unspecified atom stereocenters. The zero-order valence-electron chi connectivity index (χ0n) is 6.29. The van der Waals surface area contributed by atoms with Crippen LogP contribution in [0.2, 0.25) is 0 Å². The van der Waals surface area contributed by atoms with Crippen molar-refractivity contribution in [2.75, 3.05) is 5.73 Å². The van der Waals surface area contributed by atoms with Gasteiger partial charge >= 0.3 is 0 Å². The molecule has 0 fully saturated rings. The first-order valence-corrected chi connectivity index (χ1v) is 4.65. The van der Waals surface area contributed by atoms with Crippen LogP contribution in [0.1, 0.15) is 0 Å². The summed E-state index contributed by atoms with van der Waals surface area (Å²) in [7, 11) is -4.24. The molecule has 72 valence electrons. The maximum atomic E-state index is 12.8. The van der Waals surface area contributed by atoms with E-state index in [0.29, 0.717) is 0 Å². The summed E-state index contributed by atoms with van der Waals surface area (Å²) in [6, 6.07) is 1.74. The Labute approximate surface area is 73.2 Å². The van der Waals surface area contributed by atoms with Gasteiger partial charge in [0.1, 0.15) is 4.90 Å². The fourth-order valence-electron chi connectivity index (χ4n) is 0.766. The Morgan fingerprint density at radius 2 is 1.69 bits per heavy atom. The number of nitrogens with two attached hydrogens (primary N) is 2. The van der Waals surface area contributed by atoms with Crippen LogP contribution in [-0.4, -0.2) is 8.42 Å². The number of primary sulfonamides is 1. The molecule has 0 heterocycles. The van der Waals surface area contributed by atoms with Gasteiger partial charge in [0.15, 0.2) is 11.6 Å². The first-order valence-electron chi connectivity index (χ1n) is 3.10. The van der Waals surface area contributed by atoms with Gasteiger partial charge in [0.2, 0.25) is 10.0 Å². The van der Waals surface area contributed by atoms with E-state index >= 15 is 0 Å². The third kappa shape index (κ3) is 1.76. The van der Waals surface area contributed by atoms with Gasteiger partial charge in [-0.05, 0) is 12.1 Å². The maximum Gasteiger partial charge on any atom is 0.241 e. The van der Waals surface area contributed by atoms with E-state index in [1.54, 1.807) is 0 Å². The Morgan fingerprint density at radius 1 is 1.15 bits per heavy atom. The molecule has 0 aromatic heterocycles. The minimum atomic E-state index is -4.24. The van der Waals surface area contributed by atoms with Gasteiger partial charge in [-0.2, -0.15) is 0 Å². The van der Waals surface area contributed by atoms with Crippen molar-refractivity contribution in [1.82, 2.24) is 0 Å². The maximum absolute atomic E-state index is 12.8. The van der Waals surface area contributed by atoms with Crippen molar-refractivity contribution in [3.8, 4) is 0 Å². The predicted octanol–water partition coefficient (Wildman–Crippen LogP) is 0.194. The second kappa shape index (κ2) is 2.93. The monoisotopic (exact) mass is 208 g/mol. The highest BCUT2D eigenvalue weighted by Crippen LogP contribution is 2.20. The average Bonchev–Trinajstić information content (AvgIpc) is 1.98. The molecule has 13 heavy (non-hydrogen) atoms. The Balaban J connectivity index is 3.53. The second-order valence-corrected chi connectivity index (χ2v) is 3.86. The molecule has 7 heteroatoms. The van der Waals surface area contributed by atoms with Crippen LogP contribution in [0.5, 0.6) is 0 Å². The standard InChI is InChI=1S/C6H6F2N2O2S/c7-5-3(9)1-2-4(6(5)8)13(10,11)12/h1-2H,9H2,(H2,10,11,12). The number of hydrogen-bond donors (Lipinski definition) is 2. The summed E-state index contributed by atoms with van der Waals surface area (Å²) < 4.78 is 46.8. The van der Waals surface area contributed by atoms with E-state index in [9.17, 15) is 17.2 Å².